The molecule has 22 heavy (non-hydrogen) atoms. The van der Waals surface area contributed by atoms with Crippen LogP contribution < -0.4 is 0 Å². The number of aryl methyl sites for hydroxylation is 1. The van der Waals surface area contributed by atoms with Gasteiger partial charge in [0.15, 0.2) is 0 Å². The second kappa shape index (κ2) is 5.56. The van der Waals surface area contributed by atoms with Crippen LogP contribution in [0.3, 0.4) is 0 Å². The van der Waals surface area contributed by atoms with Crippen molar-refractivity contribution in [3.8, 4) is 11.5 Å². The number of nitrogens with zero attached hydrogens (tertiary/aromatic N) is 1. The van der Waals surface area contributed by atoms with Gasteiger partial charge in [-0.15, -0.1) is 0 Å². The molecule has 0 aliphatic heterocycles. The minimum Gasteiger partial charge on any atom is -0.508 e. The van der Waals surface area contributed by atoms with Gasteiger partial charge in [0, 0.05) is 34.4 Å². The number of benzene rings is 2. The Labute approximate surface area is 128 Å². The van der Waals surface area contributed by atoms with Gasteiger partial charge < -0.3 is 15.2 Å². The molecule has 3 rings (SSSR count). The van der Waals surface area contributed by atoms with E-state index in [-0.39, 0.29) is 11.5 Å². The first kappa shape index (κ1) is 14.2. The maximum Gasteiger partial charge on any atom is 0.128 e. The van der Waals surface area contributed by atoms with Crippen molar-refractivity contribution in [2.75, 3.05) is 0 Å². The number of phenolic OH excluding ortho intramolecular Hbond substituents is 2. The quantitative estimate of drug-likeness (QED) is 0.631. The molecule has 3 aromatic rings. The van der Waals surface area contributed by atoms with Crippen molar-refractivity contribution < 1.29 is 10.2 Å². The molecule has 2 aromatic carbocycles. The van der Waals surface area contributed by atoms with Crippen molar-refractivity contribution in [2.24, 2.45) is 4.99 Å². The van der Waals surface area contributed by atoms with Gasteiger partial charge in [0.05, 0.1) is 5.69 Å². The van der Waals surface area contributed by atoms with Crippen LogP contribution in [0.15, 0.2) is 47.6 Å². The van der Waals surface area contributed by atoms with E-state index < -0.39 is 0 Å². The first-order chi connectivity index (χ1) is 10.6. The lowest BCUT2D eigenvalue weighted by Crippen LogP contribution is -1.97. The molecule has 0 aliphatic carbocycles. The van der Waals surface area contributed by atoms with Crippen LogP contribution in [-0.2, 0) is 6.42 Å². The van der Waals surface area contributed by atoms with Gasteiger partial charge in [0.1, 0.15) is 11.5 Å². The molecule has 0 fully saturated rings. The zero-order chi connectivity index (χ0) is 15.7. The number of hydrogen-bond donors (Lipinski definition) is 3. The Hall–Kier alpha value is -2.75. The van der Waals surface area contributed by atoms with Gasteiger partial charge in [0.2, 0.25) is 0 Å². The Morgan fingerprint density at radius 3 is 2.73 bits per heavy atom. The molecule has 0 atom stereocenters. The van der Waals surface area contributed by atoms with Gasteiger partial charge in [-0.1, -0.05) is 13.0 Å². The van der Waals surface area contributed by atoms with Gasteiger partial charge in [-0.05, 0) is 43.2 Å². The smallest absolute Gasteiger partial charge is 0.128 e. The third-order valence-electron chi connectivity index (χ3n) is 3.83. The summed E-state index contributed by atoms with van der Waals surface area (Å²) in [5.41, 5.74) is 4.02. The van der Waals surface area contributed by atoms with Crippen molar-refractivity contribution in [3.63, 3.8) is 0 Å². The molecule has 0 amide bonds. The average Bonchev–Trinajstić information content (AvgIpc) is 2.97. The Bertz CT molecular complexity index is 863. The highest BCUT2D eigenvalue weighted by atomic mass is 16.3. The van der Waals surface area contributed by atoms with Crippen molar-refractivity contribution in [1.82, 2.24) is 4.98 Å². The van der Waals surface area contributed by atoms with Crippen LogP contribution in [0.2, 0.25) is 0 Å². The number of H-pyrrole nitrogens is 1. The molecule has 0 spiro atoms. The van der Waals surface area contributed by atoms with E-state index in [1.54, 1.807) is 6.07 Å². The maximum absolute atomic E-state index is 10.1. The number of aromatic amines is 1. The number of hydrogen-bond acceptors (Lipinski definition) is 3. The van der Waals surface area contributed by atoms with Crippen LogP contribution in [0.25, 0.3) is 10.9 Å². The molecular formula is C18H18N2O2. The molecule has 3 N–H and O–H groups in total. The van der Waals surface area contributed by atoms with Gasteiger partial charge >= 0.3 is 0 Å². The topological polar surface area (TPSA) is 68.6 Å². The van der Waals surface area contributed by atoms with E-state index in [0.29, 0.717) is 17.7 Å². The summed E-state index contributed by atoms with van der Waals surface area (Å²) in [7, 11) is 0. The van der Waals surface area contributed by atoms with Crippen molar-refractivity contribution >= 4 is 22.3 Å². The third kappa shape index (κ3) is 2.44. The fourth-order valence-electron chi connectivity index (χ4n) is 2.60. The lowest BCUT2D eigenvalue weighted by Gasteiger charge is -2.09. The van der Waals surface area contributed by atoms with Crippen LogP contribution in [0.1, 0.15) is 25.0 Å². The second-order valence-electron chi connectivity index (χ2n) is 5.26. The Balaban J connectivity index is 2.10. The highest BCUT2D eigenvalue weighted by molar-refractivity contribution is 6.05. The summed E-state index contributed by atoms with van der Waals surface area (Å²) in [5, 5.41) is 20.9. The summed E-state index contributed by atoms with van der Waals surface area (Å²) >= 11 is 0. The molecule has 0 aliphatic rings. The van der Waals surface area contributed by atoms with E-state index in [9.17, 15) is 10.2 Å². The predicted molar refractivity (Wildman–Crippen MR) is 89.3 cm³/mol. The molecule has 4 nitrogen and oxygen atoms in total. The molecule has 1 aromatic heterocycles. The summed E-state index contributed by atoms with van der Waals surface area (Å²) in [6, 6.07) is 11.0. The molecular weight excluding hydrogens is 276 g/mol. The number of aliphatic imine (C=N–C) groups is 1. The van der Waals surface area contributed by atoms with Gasteiger partial charge in [-0.2, -0.15) is 0 Å². The van der Waals surface area contributed by atoms with Gasteiger partial charge in [-0.25, -0.2) is 0 Å². The fraction of sp³-hybridized carbons (Fsp3) is 0.167. The summed E-state index contributed by atoms with van der Waals surface area (Å²) in [6.07, 6.45) is 2.58. The van der Waals surface area contributed by atoms with Crippen molar-refractivity contribution in [2.45, 2.75) is 20.3 Å². The first-order valence-corrected chi connectivity index (χ1v) is 7.26. The zero-order valence-electron chi connectivity index (χ0n) is 12.6. The number of nitrogens with one attached hydrogen (secondary N) is 1. The molecule has 112 valence electrons. The number of aromatic nitrogens is 1. The summed E-state index contributed by atoms with van der Waals surface area (Å²) in [6.45, 7) is 3.82. The minimum absolute atomic E-state index is 0.0391. The van der Waals surface area contributed by atoms with Crippen LogP contribution in [0.5, 0.6) is 11.5 Å². The van der Waals surface area contributed by atoms with Crippen molar-refractivity contribution in [3.05, 3.63) is 53.7 Å². The Morgan fingerprint density at radius 2 is 1.95 bits per heavy atom. The SMILES string of the molecule is CCc1cc(C(C)=Nc2cccc3[nH]ccc23)c(O)cc1O. The lowest BCUT2D eigenvalue weighted by atomic mass is 10.0. The third-order valence-corrected chi connectivity index (χ3v) is 3.83. The number of rotatable bonds is 3. The standard InChI is InChI=1S/C18H18N2O2/c1-3-12-9-14(18(22)10-17(12)21)11(2)20-16-6-4-5-15-13(16)7-8-19-15/h4-10,19,21-22H,3H2,1-2H3. The minimum atomic E-state index is 0.0391. The monoisotopic (exact) mass is 294 g/mol. The molecule has 1 heterocycles. The second-order valence-corrected chi connectivity index (χ2v) is 5.26. The first-order valence-electron chi connectivity index (χ1n) is 7.26. The average molecular weight is 294 g/mol. The summed E-state index contributed by atoms with van der Waals surface area (Å²) in [5.74, 6) is 0.154. The molecule has 0 saturated carbocycles. The van der Waals surface area contributed by atoms with Crippen LogP contribution in [0, 0.1) is 0 Å². The van der Waals surface area contributed by atoms with E-state index in [0.717, 1.165) is 22.2 Å². The molecule has 0 radical (unpaired) electrons. The zero-order valence-corrected chi connectivity index (χ0v) is 12.6. The van der Waals surface area contributed by atoms with E-state index in [1.807, 2.05) is 44.3 Å². The van der Waals surface area contributed by atoms with Crippen LogP contribution >= 0.6 is 0 Å². The molecule has 0 bridgehead atoms. The van der Waals surface area contributed by atoms with Crippen LogP contribution in [0.4, 0.5) is 5.69 Å². The van der Waals surface area contributed by atoms with Crippen LogP contribution in [-0.4, -0.2) is 20.9 Å². The highest BCUT2D eigenvalue weighted by Gasteiger charge is 2.11. The van der Waals surface area contributed by atoms with Gasteiger partial charge in [0.25, 0.3) is 0 Å². The van der Waals surface area contributed by atoms with Gasteiger partial charge in [-0.3, -0.25) is 4.99 Å². The molecule has 0 unspecified atom stereocenters. The number of phenols is 2. The largest absolute Gasteiger partial charge is 0.508 e. The van der Waals surface area contributed by atoms with E-state index in [4.69, 9.17) is 0 Å². The normalized spacial score (nSPS) is 12.0. The highest BCUT2D eigenvalue weighted by Crippen LogP contribution is 2.30. The van der Waals surface area contributed by atoms with E-state index >= 15 is 0 Å². The van der Waals surface area contributed by atoms with E-state index in [1.165, 1.54) is 6.07 Å². The number of aromatic hydroxyl groups is 2. The Kier molecular flexibility index (Phi) is 3.59. The lowest BCUT2D eigenvalue weighted by molar-refractivity contribution is 0.446. The predicted octanol–water partition coefficient (Wildman–Crippen LogP) is 4.28. The van der Waals surface area contributed by atoms with Crippen molar-refractivity contribution in [1.29, 1.82) is 0 Å². The summed E-state index contributed by atoms with van der Waals surface area (Å²) in [4.78, 5) is 7.81. The fourth-order valence-corrected chi connectivity index (χ4v) is 2.60. The van der Waals surface area contributed by atoms with E-state index in [2.05, 4.69) is 9.98 Å². The summed E-state index contributed by atoms with van der Waals surface area (Å²) < 4.78 is 0. The number of fused-ring (bicyclic) bond motifs is 1. The maximum atomic E-state index is 10.1. The Morgan fingerprint density at radius 1 is 1.14 bits per heavy atom. The molecule has 4 heteroatoms. The molecule has 0 saturated heterocycles.